The van der Waals surface area contributed by atoms with Gasteiger partial charge in [0.1, 0.15) is 0 Å². The zero-order valence-electron chi connectivity index (χ0n) is 7.30. The molecule has 0 fully saturated rings. The van der Waals surface area contributed by atoms with Gasteiger partial charge in [0.15, 0.2) is 6.10 Å². The van der Waals surface area contributed by atoms with Crippen LogP contribution in [0.15, 0.2) is 0 Å². The van der Waals surface area contributed by atoms with Crippen LogP contribution < -0.4 is 0 Å². The largest absolute Gasteiger partial charge is 0.506 e. The van der Waals surface area contributed by atoms with E-state index in [0.717, 1.165) is 6.42 Å². The van der Waals surface area contributed by atoms with Crippen molar-refractivity contribution in [3.05, 3.63) is 0 Å². The lowest BCUT2D eigenvalue weighted by molar-refractivity contribution is -0.355. The van der Waals surface area contributed by atoms with Crippen LogP contribution in [0.4, 0.5) is 4.79 Å². The minimum Gasteiger partial charge on any atom is -0.450 e. The van der Waals surface area contributed by atoms with E-state index in [0.29, 0.717) is 6.42 Å². The lowest BCUT2D eigenvalue weighted by Crippen LogP contribution is -2.44. The second kappa shape index (κ2) is 5.00. The molecular formula is C7H14O6. The Balaban J connectivity index is 4.11. The first-order valence-electron chi connectivity index (χ1n) is 3.94. The van der Waals surface area contributed by atoms with Gasteiger partial charge in [-0.25, -0.2) is 4.79 Å². The molecule has 0 rings (SSSR count). The van der Waals surface area contributed by atoms with E-state index >= 15 is 0 Å². The van der Waals surface area contributed by atoms with E-state index in [-0.39, 0.29) is 6.42 Å². The highest BCUT2D eigenvalue weighted by molar-refractivity contribution is 5.57. The maximum absolute atomic E-state index is 10.1. The predicted octanol–water partition coefficient (Wildman–Crippen LogP) is -0.130. The Kier molecular flexibility index (Phi) is 4.68. The van der Waals surface area contributed by atoms with Crippen molar-refractivity contribution in [2.24, 2.45) is 0 Å². The van der Waals surface area contributed by atoms with Crippen molar-refractivity contribution in [3.8, 4) is 0 Å². The van der Waals surface area contributed by atoms with Crippen molar-refractivity contribution in [3.63, 3.8) is 0 Å². The van der Waals surface area contributed by atoms with E-state index in [9.17, 15) is 4.79 Å². The standard InChI is InChI=1S/C7H14O6/c1-2-3-4-5(7(10,11)12)13-6(8)9/h5,10-12H,2-4H2,1H3,(H,8,9). The first-order valence-corrected chi connectivity index (χ1v) is 3.94. The molecule has 13 heavy (non-hydrogen) atoms. The summed E-state index contributed by atoms with van der Waals surface area (Å²) in [4.78, 5) is 10.1. The van der Waals surface area contributed by atoms with Crippen molar-refractivity contribution in [2.45, 2.75) is 38.3 Å². The summed E-state index contributed by atoms with van der Waals surface area (Å²) in [5.74, 6) is -3.10. The van der Waals surface area contributed by atoms with Crippen LogP contribution in [0.5, 0.6) is 0 Å². The molecule has 0 amide bonds. The molecule has 0 radical (unpaired) electrons. The van der Waals surface area contributed by atoms with Gasteiger partial charge in [0.2, 0.25) is 0 Å². The Morgan fingerprint density at radius 3 is 2.31 bits per heavy atom. The number of hydrogen-bond acceptors (Lipinski definition) is 5. The highest BCUT2D eigenvalue weighted by atomic mass is 16.7. The smallest absolute Gasteiger partial charge is 0.450 e. The highest BCUT2D eigenvalue weighted by Crippen LogP contribution is 2.14. The predicted molar refractivity (Wildman–Crippen MR) is 41.8 cm³/mol. The van der Waals surface area contributed by atoms with Crippen molar-refractivity contribution < 1.29 is 30.0 Å². The number of rotatable bonds is 5. The van der Waals surface area contributed by atoms with Crippen LogP contribution in [0.3, 0.4) is 0 Å². The molecule has 0 aliphatic rings. The fraction of sp³-hybridized carbons (Fsp3) is 0.857. The maximum Gasteiger partial charge on any atom is 0.506 e. The summed E-state index contributed by atoms with van der Waals surface area (Å²) in [6.07, 6.45) is -1.85. The quantitative estimate of drug-likeness (QED) is 0.358. The summed E-state index contributed by atoms with van der Waals surface area (Å²) in [7, 11) is 0. The maximum atomic E-state index is 10.1. The molecule has 6 nitrogen and oxygen atoms in total. The molecule has 0 aliphatic carbocycles. The molecule has 0 heterocycles. The van der Waals surface area contributed by atoms with Gasteiger partial charge >= 0.3 is 12.1 Å². The topological polar surface area (TPSA) is 107 Å². The third-order valence-corrected chi connectivity index (χ3v) is 1.49. The van der Waals surface area contributed by atoms with Crippen LogP contribution in [-0.2, 0) is 4.74 Å². The third kappa shape index (κ3) is 5.40. The van der Waals surface area contributed by atoms with E-state index in [1.807, 2.05) is 6.92 Å². The van der Waals surface area contributed by atoms with Crippen molar-refractivity contribution in [1.82, 2.24) is 0 Å². The summed E-state index contributed by atoms with van der Waals surface area (Å²) >= 11 is 0. The lowest BCUT2D eigenvalue weighted by Gasteiger charge is -2.24. The van der Waals surface area contributed by atoms with Gasteiger partial charge in [-0.05, 0) is 12.8 Å². The average molecular weight is 194 g/mol. The molecular weight excluding hydrogens is 180 g/mol. The molecule has 0 aromatic carbocycles. The molecule has 78 valence electrons. The van der Waals surface area contributed by atoms with E-state index < -0.39 is 18.2 Å². The summed E-state index contributed by atoms with van der Waals surface area (Å²) in [6.45, 7) is 1.84. The van der Waals surface area contributed by atoms with E-state index in [1.165, 1.54) is 0 Å². The van der Waals surface area contributed by atoms with E-state index in [1.54, 1.807) is 0 Å². The average Bonchev–Trinajstić information content (AvgIpc) is 1.95. The first kappa shape index (κ1) is 12.2. The van der Waals surface area contributed by atoms with Crippen molar-refractivity contribution in [1.29, 1.82) is 0 Å². The Labute approximate surface area is 75.4 Å². The lowest BCUT2D eigenvalue weighted by atomic mass is 10.1. The van der Waals surface area contributed by atoms with Crippen molar-refractivity contribution >= 4 is 6.16 Å². The SMILES string of the molecule is CCCCC(OC(=O)O)C(O)(O)O. The number of carbonyl (C=O) groups is 1. The molecule has 0 aromatic rings. The van der Waals surface area contributed by atoms with E-state index in [4.69, 9.17) is 20.4 Å². The van der Waals surface area contributed by atoms with Gasteiger partial charge in [0, 0.05) is 0 Å². The molecule has 4 N–H and O–H groups in total. The van der Waals surface area contributed by atoms with Crippen LogP contribution in [0.2, 0.25) is 0 Å². The monoisotopic (exact) mass is 194 g/mol. The fourth-order valence-electron chi connectivity index (χ4n) is 0.843. The number of hydrogen-bond donors (Lipinski definition) is 4. The normalized spacial score (nSPS) is 13.8. The zero-order chi connectivity index (χ0) is 10.5. The van der Waals surface area contributed by atoms with Crippen LogP contribution >= 0.6 is 0 Å². The minimum atomic E-state index is -3.10. The molecule has 6 heteroatoms. The van der Waals surface area contributed by atoms with Gasteiger partial charge in [-0.3, -0.25) is 0 Å². The minimum absolute atomic E-state index is 0.0618. The van der Waals surface area contributed by atoms with Crippen LogP contribution in [0.25, 0.3) is 0 Å². The summed E-state index contributed by atoms with van der Waals surface area (Å²) < 4.78 is 4.08. The first-order chi connectivity index (χ1) is 5.88. The number of ether oxygens (including phenoxy) is 1. The second-order valence-electron chi connectivity index (χ2n) is 2.70. The summed E-state index contributed by atoms with van der Waals surface area (Å²) in [5.41, 5.74) is 0. The number of unbranched alkanes of at least 4 members (excludes halogenated alkanes) is 1. The van der Waals surface area contributed by atoms with Gasteiger partial charge in [-0.1, -0.05) is 13.3 Å². The van der Waals surface area contributed by atoms with Gasteiger partial charge in [0.05, 0.1) is 0 Å². The molecule has 0 aromatic heterocycles. The molecule has 0 spiro atoms. The summed E-state index contributed by atoms with van der Waals surface area (Å²) in [6, 6.07) is 0. The Morgan fingerprint density at radius 1 is 1.46 bits per heavy atom. The number of aliphatic hydroxyl groups is 3. The van der Waals surface area contributed by atoms with Gasteiger partial charge in [-0.15, -0.1) is 0 Å². The Bertz CT molecular complexity index is 161. The highest BCUT2D eigenvalue weighted by Gasteiger charge is 2.35. The number of carboxylic acid groups (broad SMARTS) is 1. The van der Waals surface area contributed by atoms with Crippen LogP contribution in [0.1, 0.15) is 26.2 Å². The molecule has 0 saturated carbocycles. The molecule has 1 unspecified atom stereocenters. The van der Waals surface area contributed by atoms with Gasteiger partial charge in [0.25, 0.3) is 0 Å². The summed E-state index contributed by atoms with van der Waals surface area (Å²) in [5, 5.41) is 34.2. The van der Waals surface area contributed by atoms with E-state index in [2.05, 4.69) is 4.74 Å². The Hall–Kier alpha value is -0.850. The molecule has 0 bridgehead atoms. The second-order valence-corrected chi connectivity index (χ2v) is 2.70. The fourth-order valence-corrected chi connectivity index (χ4v) is 0.843. The third-order valence-electron chi connectivity index (χ3n) is 1.49. The van der Waals surface area contributed by atoms with Crippen LogP contribution in [0, 0.1) is 0 Å². The molecule has 0 aliphatic heterocycles. The molecule has 1 atom stereocenters. The van der Waals surface area contributed by atoms with Gasteiger partial charge in [-0.2, -0.15) is 0 Å². The zero-order valence-corrected chi connectivity index (χ0v) is 7.30. The van der Waals surface area contributed by atoms with Gasteiger partial charge < -0.3 is 25.2 Å². The molecule has 0 saturated heterocycles. The van der Waals surface area contributed by atoms with Crippen molar-refractivity contribution in [2.75, 3.05) is 0 Å². The Morgan fingerprint density at radius 2 is 2.00 bits per heavy atom. The van der Waals surface area contributed by atoms with Crippen LogP contribution in [-0.4, -0.2) is 38.7 Å².